The van der Waals surface area contributed by atoms with Gasteiger partial charge in [-0.25, -0.2) is 14.8 Å². The van der Waals surface area contributed by atoms with Crippen LogP contribution >= 0.6 is 0 Å². The lowest BCUT2D eigenvalue weighted by Crippen LogP contribution is -2.12. The highest BCUT2D eigenvalue weighted by molar-refractivity contribution is 5.85. The zero-order chi connectivity index (χ0) is 12.7. The van der Waals surface area contributed by atoms with Gasteiger partial charge >= 0.3 is 5.97 Å². The molecule has 0 amide bonds. The third-order valence-corrected chi connectivity index (χ3v) is 1.93. The number of aromatic carboxylic acids is 1. The van der Waals surface area contributed by atoms with E-state index in [9.17, 15) is 4.79 Å². The number of hydrogen-bond acceptors (Lipinski definition) is 5. The first-order valence-electron chi connectivity index (χ1n) is 5.51. The number of nitrogens with zero attached hydrogens (tertiary/aromatic N) is 2. The maximum atomic E-state index is 10.7. The van der Waals surface area contributed by atoms with Crippen molar-refractivity contribution in [3.8, 4) is 0 Å². The van der Waals surface area contributed by atoms with Crippen LogP contribution in [-0.2, 0) is 4.74 Å². The van der Waals surface area contributed by atoms with Gasteiger partial charge in [-0.1, -0.05) is 0 Å². The fraction of sp³-hybridized carbons (Fsp3) is 0.545. The van der Waals surface area contributed by atoms with Crippen LogP contribution in [0.25, 0.3) is 0 Å². The maximum absolute atomic E-state index is 10.7. The van der Waals surface area contributed by atoms with Gasteiger partial charge in [0.2, 0.25) is 5.95 Å². The standard InChI is InChI=1S/C11H17N3O3/c1-8(2)17-7-3-5-12-11-13-6-4-9(14-11)10(15)16/h4,6,8H,3,5,7H2,1-2H3,(H,15,16)(H,12,13,14). The average Bonchev–Trinajstić information content (AvgIpc) is 2.28. The van der Waals surface area contributed by atoms with E-state index >= 15 is 0 Å². The molecule has 1 aromatic rings. The minimum absolute atomic E-state index is 0.0130. The Labute approximate surface area is 100 Å². The SMILES string of the molecule is CC(C)OCCCNc1nccc(C(=O)O)n1. The van der Waals surface area contributed by atoms with Crippen LogP contribution in [0, 0.1) is 0 Å². The Balaban J connectivity index is 2.31. The Hall–Kier alpha value is -1.69. The molecule has 0 atom stereocenters. The van der Waals surface area contributed by atoms with Crippen molar-refractivity contribution in [2.24, 2.45) is 0 Å². The zero-order valence-electron chi connectivity index (χ0n) is 10.0. The number of aromatic nitrogens is 2. The molecule has 94 valence electrons. The highest BCUT2D eigenvalue weighted by atomic mass is 16.5. The quantitative estimate of drug-likeness (QED) is 0.700. The van der Waals surface area contributed by atoms with Crippen molar-refractivity contribution in [1.29, 1.82) is 0 Å². The Morgan fingerprint density at radius 3 is 3.00 bits per heavy atom. The van der Waals surface area contributed by atoms with E-state index in [4.69, 9.17) is 9.84 Å². The van der Waals surface area contributed by atoms with Gasteiger partial charge in [0.25, 0.3) is 0 Å². The smallest absolute Gasteiger partial charge is 0.354 e. The molecule has 0 saturated heterocycles. The predicted octanol–water partition coefficient (Wildman–Crippen LogP) is 1.40. The summed E-state index contributed by atoms with van der Waals surface area (Å²) in [6.07, 6.45) is 2.46. The van der Waals surface area contributed by atoms with Crippen LogP contribution in [0.15, 0.2) is 12.3 Å². The monoisotopic (exact) mass is 239 g/mol. The molecule has 6 nitrogen and oxygen atoms in total. The summed E-state index contributed by atoms with van der Waals surface area (Å²) in [5.74, 6) is -0.729. The third-order valence-electron chi connectivity index (χ3n) is 1.93. The van der Waals surface area contributed by atoms with E-state index in [0.717, 1.165) is 6.42 Å². The molecule has 0 aliphatic heterocycles. The van der Waals surface area contributed by atoms with Gasteiger partial charge in [-0.2, -0.15) is 0 Å². The van der Waals surface area contributed by atoms with E-state index in [2.05, 4.69) is 15.3 Å². The molecule has 0 radical (unpaired) electrons. The summed E-state index contributed by atoms with van der Waals surface area (Å²) in [5.41, 5.74) is -0.0130. The minimum atomic E-state index is -1.06. The van der Waals surface area contributed by atoms with Crippen LogP contribution < -0.4 is 5.32 Å². The molecule has 0 saturated carbocycles. The van der Waals surface area contributed by atoms with Crippen molar-refractivity contribution in [2.75, 3.05) is 18.5 Å². The highest BCUT2D eigenvalue weighted by Gasteiger charge is 2.05. The van der Waals surface area contributed by atoms with Gasteiger partial charge in [-0.15, -0.1) is 0 Å². The van der Waals surface area contributed by atoms with Gasteiger partial charge in [0.15, 0.2) is 5.69 Å². The van der Waals surface area contributed by atoms with Gasteiger partial charge in [-0.05, 0) is 26.3 Å². The average molecular weight is 239 g/mol. The van der Waals surface area contributed by atoms with E-state index in [1.54, 1.807) is 0 Å². The fourth-order valence-electron chi connectivity index (χ4n) is 1.15. The molecule has 0 aliphatic carbocycles. The molecule has 0 aromatic carbocycles. The molecule has 0 spiro atoms. The van der Waals surface area contributed by atoms with Crippen LogP contribution in [0.5, 0.6) is 0 Å². The third kappa shape index (κ3) is 5.26. The molecular weight excluding hydrogens is 222 g/mol. The Morgan fingerprint density at radius 2 is 2.35 bits per heavy atom. The first-order valence-corrected chi connectivity index (χ1v) is 5.51. The molecule has 2 N–H and O–H groups in total. The molecule has 0 fully saturated rings. The molecule has 1 aromatic heterocycles. The largest absolute Gasteiger partial charge is 0.477 e. The second-order valence-corrected chi connectivity index (χ2v) is 3.77. The van der Waals surface area contributed by atoms with Crippen LogP contribution in [0.1, 0.15) is 30.8 Å². The second kappa shape index (κ2) is 6.80. The van der Waals surface area contributed by atoms with Crippen molar-refractivity contribution < 1.29 is 14.6 Å². The van der Waals surface area contributed by atoms with E-state index in [1.807, 2.05) is 13.8 Å². The summed E-state index contributed by atoms with van der Waals surface area (Å²) in [4.78, 5) is 18.4. The topological polar surface area (TPSA) is 84.3 Å². The van der Waals surface area contributed by atoms with Crippen LogP contribution in [-0.4, -0.2) is 40.3 Å². The Morgan fingerprint density at radius 1 is 1.59 bits per heavy atom. The molecule has 1 rings (SSSR count). The lowest BCUT2D eigenvalue weighted by Gasteiger charge is -2.08. The highest BCUT2D eigenvalue weighted by Crippen LogP contribution is 2.00. The Bertz CT molecular complexity index is 369. The van der Waals surface area contributed by atoms with Gasteiger partial charge in [0, 0.05) is 19.3 Å². The first-order chi connectivity index (χ1) is 8.09. The number of nitrogens with one attached hydrogen (secondary N) is 1. The molecular formula is C11H17N3O3. The molecule has 0 unspecified atom stereocenters. The van der Waals surface area contributed by atoms with E-state index in [0.29, 0.717) is 19.1 Å². The lowest BCUT2D eigenvalue weighted by molar-refractivity contribution is 0.0690. The second-order valence-electron chi connectivity index (χ2n) is 3.77. The van der Waals surface area contributed by atoms with Gasteiger partial charge in [-0.3, -0.25) is 0 Å². The molecule has 0 bridgehead atoms. The van der Waals surface area contributed by atoms with E-state index in [1.165, 1.54) is 12.3 Å². The summed E-state index contributed by atoms with van der Waals surface area (Å²) < 4.78 is 5.37. The fourth-order valence-corrected chi connectivity index (χ4v) is 1.15. The summed E-state index contributed by atoms with van der Waals surface area (Å²) in [6, 6.07) is 1.36. The zero-order valence-corrected chi connectivity index (χ0v) is 10.0. The predicted molar refractivity (Wildman–Crippen MR) is 63.2 cm³/mol. The molecule has 0 aliphatic rings. The van der Waals surface area contributed by atoms with Crippen molar-refractivity contribution in [2.45, 2.75) is 26.4 Å². The normalized spacial score (nSPS) is 10.5. The van der Waals surface area contributed by atoms with Crippen LogP contribution in [0.2, 0.25) is 0 Å². The number of ether oxygens (including phenoxy) is 1. The number of anilines is 1. The van der Waals surface area contributed by atoms with Gasteiger partial charge in [0.05, 0.1) is 6.10 Å². The van der Waals surface area contributed by atoms with Gasteiger partial charge < -0.3 is 15.2 Å². The van der Waals surface area contributed by atoms with Crippen molar-refractivity contribution in [3.63, 3.8) is 0 Å². The summed E-state index contributed by atoms with van der Waals surface area (Å²) in [5, 5.41) is 11.7. The van der Waals surface area contributed by atoms with Crippen LogP contribution in [0.4, 0.5) is 5.95 Å². The molecule has 6 heteroatoms. The molecule has 17 heavy (non-hydrogen) atoms. The summed E-state index contributed by atoms with van der Waals surface area (Å²) >= 11 is 0. The molecule has 1 heterocycles. The lowest BCUT2D eigenvalue weighted by atomic mass is 10.4. The number of carboxylic acid groups (broad SMARTS) is 1. The van der Waals surface area contributed by atoms with Crippen molar-refractivity contribution >= 4 is 11.9 Å². The van der Waals surface area contributed by atoms with Crippen molar-refractivity contribution in [1.82, 2.24) is 9.97 Å². The number of rotatable bonds is 7. The number of hydrogen-bond donors (Lipinski definition) is 2. The maximum Gasteiger partial charge on any atom is 0.354 e. The summed E-state index contributed by atoms with van der Waals surface area (Å²) in [7, 11) is 0. The van der Waals surface area contributed by atoms with E-state index in [-0.39, 0.29) is 11.8 Å². The summed E-state index contributed by atoms with van der Waals surface area (Å²) in [6.45, 7) is 5.26. The van der Waals surface area contributed by atoms with E-state index < -0.39 is 5.97 Å². The Kier molecular flexibility index (Phi) is 5.35. The van der Waals surface area contributed by atoms with Crippen LogP contribution in [0.3, 0.4) is 0 Å². The number of carboxylic acids is 1. The van der Waals surface area contributed by atoms with Crippen molar-refractivity contribution in [3.05, 3.63) is 18.0 Å². The number of carbonyl (C=O) groups is 1. The van der Waals surface area contributed by atoms with Gasteiger partial charge in [0.1, 0.15) is 0 Å². The first kappa shape index (κ1) is 13.4. The minimum Gasteiger partial charge on any atom is -0.477 e.